The van der Waals surface area contributed by atoms with Gasteiger partial charge in [0.2, 0.25) is 0 Å². The van der Waals surface area contributed by atoms with E-state index in [9.17, 15) is 26.3 Å². The van der Waals surface area contributed by atoms with Crippen molar-refractivity contribution in [1.29, 1.82) is 0 Å². The second-order valence-electron chi connectivity index (χ2n) is 5.56. The predicted octanol–water partition coefficient (Wildman–Crippen LogP) is 6.34. The third kappa shape index (κ3) is 3.21. The molecule has 0 spiro atoms. The first kappa shape index (κ1) is 18.1. The maximum absolute atomic E-state index is 14.3. The summed E-state index contributed by atoms with van der Waals surface area (Å²) in [6.45, 7) is 2.27. The van der Waals surface area contributed by atoms with Crippen LogP contribution in [-0.2, 0) is 6.18 Å². The van der Waals surface area contributed by atoms with Crippen molar-refractivity contribution in [2.75, 3.05) is 6.61 Å². The molecule has 26 heavy (non-hydrogen) atoms. The highest BCUT2D eigenvalue weighted by molar-refractivity contribution is 5.89. The first-order valence-electron chi connectivity index (χ1n) is 7.64. The van der Waals surface area contributed by atoms with Crippen molar-refractivity contribution in [3.05, 3.63) is 65.5 Å². The smallest absolute Gasteiger partial charge is 0.422 e. The third-order valence-electron chi connectivity index (χ3n) is 3.86. The van der Waals surface area contributed by atoms with Gasteiger partial charge in [0.1, 0.15) is 28.8 Å². The van der Waals surface area contributed by atoms with Crippen LogP contribution in [-0.4, -0.2) is 6.61 Å². The minimum atomic E-state index is -5.26. The summed E-state index contributed by atoms with van der Waals surface area (Å²) in [5.74, 6) is -4.35. The molecule has 1 nitrogen and oxygen atoms in total. The van der Waals surface area contributed by atoms with Crippen LogP contribution in [0.2, 0.25) is 0 Å². The Morgan fingerprint density at radius 1 is 0.846 bits per heavy atom. The molecule has 0 fully saturated rings. The molecule has 3 aromatic rings. The van der Waals surface area contributed by atoms with Gasteiger partial charge in [-0.15, -0.1) is 0 Å². The van der Waals surface area contributed by atoms with Crippen LogP contribution in [0.15, 0.2) is 42.5 Å². The number of halogens is 6. The van der Waals surface area contributed by atoms with Gasteiger partial charge in [0, 0.05) is 0 Å². The summed E-state index contributed by atoms with van der Waals surface area (Å²) < 4.78 is 85.9. The van der Waals surface area contributed by atoms with Crippen molar-refractivity contribution in [2.24, 2.45) is 0 Å². The lowest BCUT2D eigenvalue weighted by molar-refractivity contribution is -0.142. The van der Waals surface area contributed by atoms with E-state index in [0.717, 1.165) is 6.07 Å². The second-order valence-corrected chi connectivity index (χ2v) is 5.56. The molecule has 0 atom stereocenters. The van der Waals surface area contributed by atoms with Gasteiger partial charge in [-0.25, -0.2) is 13.2 Å². The van der Waals surface area contributed by atoms with Gasteiger partial charge in [0.05, 0.1) is 12.0 Å². The number of alkyl halides is 3. The van der Waals surface area contributed by atoms with E-state index in [1.165, 1.54) is 6.07 Å². The lowest BCUT2D eigenvalue weighted by Gasteiger charge is -2.13. The van der Waals surface area contributed by atoms with Gasteiger partial charge in [-0.2, -0.15) is 13.2 Å². The van der Waals surface area contributed by atoms with Crippen LogP contribution in [0.1, 0.15) is 12.5 Å². The highest BCUT2D eigenvalue weighted by Gasteiger charge is 2.39. The minimum Gasteiger partial charge on any atom is -0.494 e. The first-order valence-corrected chi connectivity index (χ1v) is 7.64. The van der Waals surface area contributed by atoms with Gasteiger partial charge in [-0.05, 0) is 53.8 Å². The number of benzene rings is 3. The van der Waals surface area contributed by atoms with Gasteiger partial charge in [-0.1, -0.05) is 12.1 Å². The molecule has 0 radical (unpaired) electrons. The molecule has 0 saturated heterocycles. The molecule has 0 heterocycles. The molecule has 0 N–H and O–H groups in total. The quantitative estimate of drug-likeness (QED) is 0.489. The summed E-state index contributed by atoms with van der Waals surface area (Å²) in [4.78, 5) is 0. The Labute approximate surface area is 144 Å². The molecular weight excluding hydrogens is 358 g/mol. The topological polar surface area (TPSA) is 9.23 Å². The van der Waals surface area contributed by atoms with Gasteiger partial charge in [-0.3, -0.25) is 0 Å². The Bertz CT molecular complexity index is 961. The molecule has 0 amide bonds. The minimum absolute atomic E-state index is 0.275. The highest BCUT2D eigenvalue weighted by atomic mass is 19.4. The maximum Gasteiger partial charge on any atom is 0.422 e. The second kappa shape index (κ2) is 6.55. The molecule has 0 aromatic heterocycles. The average molecular weight is 370 g/mol. The SMILES string of the molecule is CCOc1ccc(-c2cc(F)c3c(F)c(C(F)(F)F)c(F)cc3c2)cc1. The van der Waals surface area contributed by atoms with Crippen LogP contribution < -0.4 is 4.74 Å². The van der Waals surface area contributed by atoms with E-state index < -0.39 is 34.6 Å². The Balaban J connectivity index is 2.17. The molecule has 0 unspecified atom stereocenters. The van der Waals surface area contributed by atoms with Gasteiger partial charge in [0.25, 0.3) is 0 Å². The number of hydrogen-bond donors (Lipinski definition) is 0. The molecule has 0 saturated carbocycles. The van der Waals surface area contributed by atoms with Crippen LogP contribution in [0.3, 0.4) is 0 Å². The fourth-order valence-corrected chi connectivity index (χ4v) is 2.75. The van der Waals surface area contributed by atoms with Crippen LogP contribution in [0, 0.1) is 17.5 Å². The lowest BCUT2D eigenvalue weighted by Crippen LogP contribution is -2.12. The average Bonchev–Trinajstić information content (AvgIpc) is 2.53. The van der Waals surface area contributed by atoms with Gasteiger partial charge >= 0.3 is 6.18 Å². The molecule has 0 aliphatic rings. The summed E-state index contributed by atoms with van der Waals surface area (Å²) >= 11 is 0. The molecule has 0 aliphatic carbocycles. The van der Waals surface area contributed by atoms with E-state index in [1.807, 2.05) is 6.92 Å². The number of fused-ring (bicyclic) bond motifs is 1. The zero-order valence-electron chi connectivity index (χ0n) is 13.4. The van der Waals surface area contributed by atoms with Crippen molar-refractivity contribution in [2.45, 2.75) is 13.1 Å². The Hall–Kier alpha value is -2.70. The monoisotopic (exact) mass is 370 g/mol. The van der Waals surface area contributed by atoms with Crippen molar-refractivity contribution >= 4 is 10.8 Å². The zero-order chi connectivity index (χ0) is 19.1. The summed E-state index contributed by atoms with van der Waals surface area (Å²) in [5, 5.41) is -1.19. The van der Waals surface area contributed by atoms with E-state index >= 15 is 0 Å². The molecule has 3 aromatic carbocycles. The van der Waals surface area contributed by atoms with Crippen LogP contribution >= 0.6 is 0 Å². The normalized spacial score (nSPS) is 11.8. The standard InChI is InChI=1S/C19H12F6O/c1-2-26-13-5-3-10(4-6-13)11-7-12-9-15(21)17(19(23,24)25)18(22)16(12)14(20)8-11/h3-9H,2H2,1H3. The Kier molecular flexibility index (Phi) is 4.56. The van der Waals surface area contributed by atoms with Crippen LogP contribution in [0.25, 0.3) is 21.9 Å². The molecule has 0 bridgehead atoms. The van der Waals surface area contributed by atoms with E-state index in [4.69, 9.17) is 4.74 Å². The third-order valence-corrected chi connectivity index (χ3v) is 3.86. The van der Waals surface area contributed by atoms with Gasteiger partial charge < -0.3 is 4.74 Å². The maximum atomic E-state index is 14.3. The summed E-state index contributed by atoms with van der Waals surface area (Å²) in [6, 6.07) is 9.14. The Morgan fingerprint density at radius 2 is 1.50 bits per heavy atom. The van der Waals surface area contributed by atoms with Crippen molar-refractivity contribution in [3.8, 4) is 16.9 Å². The predicted molar refractivity (Wildman–Crippen MR) is 85.4 cm³/mol. The molecule has 3 rings (SSSR count). The molecule has 0 aliphatic heterocycles. The van der Waals surface area contributed by atoms with Crippen LogP contribution in [0.4, 0.5) is 26.3 Å². The number of rotatable bonds is 3. The number of ether oxygens (including phenoxy) is 1. The van der Waals surface area contributed by atoms with E-state index in [1.54, 1.807) is 24.3 Å². The lowest BCUT2D eigenvalue weighted by atomic mass is 9.98. The van der Waals surface area contributed by atoms with Gasteiger partial charge in [0.15, 0.2) is 0 Å². The van der Waals surface area contributed by atoms with E-state index in [2.05, 4.69) is 0 Å². The summed E-state index contributed by atoms with van der Waals surface area (Å²) in [7, 11) is 0. The molecule has 7 heteroatoms. The molecule has 136 valence electrons. The number of hydrogen-bond acceptors (Lipinski definition) is 1. The van der Waals surface area contributed by atoms with Crippen molar-refractivity contribution < 1.29 is 31.1 Å². The van der Waals surface area contributed by atoms with Crippen molar-refractivity contribution in [1.82, 2.24) is 0 Å². The van der Waals surface area contributed by atoms with E-state index in [-0.39, 0.29) is 10.9 Å². The highest BCUT2D eigenvalue weighted by Crippen LogP contribution is 2.38. The summed E-state index contributed by atoms with van der Waals surface area (Å²) in [5.41, 5.74) is -1.30. The zero-order valence-corrected chi connectivity index (χ0v) is 13.4. The summed E-state index contributed by atoms with van der Waals surface area (Å²) in [6.07, 6.45) is -5.26. The van der Waals surface area contributed by atoms with E-state index in [0.29, 0.717) is 24.0 Å². The first-order chi connectivity index (χ1) is 12.2. The largest absolute Gasteiger partial charge is 0.494 e. The fraction of sp³-hybridized carbons (Fsp3) is 0.158. The Morgan fingerprint density at radius 3 is 2.08 bits per heavy atom. The fourth-order valence-electron chi connectivity index (χ4n) is 2.75. The molecular formula is C19H12F6O. The van der Waals surface area contributed by atoms with Crippen LogP contribution in [0.5, 0.6) is 5.75 Å². The van der Waals surface area contributed by atoms with Crippen molar-refractivity contribution in [3.63, 3.8) is 0 Å².